The van der Waals surface area contributed by atoms with Gasteiger partial charge in [-0.15, -0.1) is 11.8 Å². The molecule has 1 heterocycles. The first-order valence-electron chi connectivity index (χ1n) is 5.15. The van der Waals surface area contributed by atoms with E-state index in [2.05, 4.69) is 9.55 Å². The van der Waals surface area contributed by atoms with Crippen molar-refractivity contribution in [2.45, 2.75) is 18.4 Å². The highest BCUT2D eigenvalue weighted by atomic mass is 32.2. The lowest BCUT2D eigenvalue weighted by Gasteiger charge is -2.05. The van der Waals surface area contributed by atoms with Crippen LogP contribution in [-0.4, -0.2) is 20.4 Å². The summed E-state index contributed by atoms with van der Waals surface area (Å²) in [6, 6.07) is 7.33. The van der Waals surface area contributed by atoms with Gasteiger partial charge in [-0.05, 0) is 25.1 Å². The van der Waals surface area contributed by atoms with Crippen LogP contribution in [0.5, 0.6) is 5.75 Å². The van der Waals surface area contributed by atoms with Gasteiger partial charge >= 0.3 is 0 Å². The Morgan fingerprint density at radius 3 is 3.00 bits per heavy atom. The molecule has 4 heteroatoms. The molecule has 1 aromatic carbocycles. The summed E-state index contributed by atoms with van der Waals surface area (Å²) in [5.74, 6) is 2.33. The zero-order valence-electron chi connectivity index (χ0n) is 9.13. The number of benzene rings is 1. The Labute approximate surface area is 99.1 Å². The number of hydrogen-bond donors (Lipinski definition) is 1. The van der Waals surface area contributed by atoms with E-state index in [9.17, 15) is 5.11 Å². The van der Waals surface area contributed by atoms with E-state index in [1.165, 1.54) is 0 Å². The van der Waals surface area contributed by atoms with Crippen LogP contribution >= 0.6 is 11.8 Å². The fourth-order valence-corrected chi connectivity index (χ4v) is 2.38. The van der Waals surface area contributed by atoms with Crippen molar-refractivity contribution >= 4 is 11.8 Å². The van der Waals surface area contributed by atoms with Gasteiger partial charge < -0.3 is 9.67 Å². The Morgan fingerprint density at radius 2 is 2.31 bits per heavy atom. The molecule has 0 aliphatic carbocycles. The first-order chi connectivity index (χ1) is 7.75. The van der Waals surface area contributed by atoms with E-state index in [0.717, 1.165) is 23.0 Å². The molecule has 0 amide bonds. The molecule has 2 rings (SSSR count). The lowest BCUT2D eigenvalue weighted by Crippen LogP contribution is -2.01. The van der Waals surface area contributed by atoms with Crippen molar-refractivity contribution < 1.29 is 5.11 Å². The molecule has 2 aromatic rings. The van der Waals surface area contributed by atoms with E-state index in [0.29, 0.717) is 5.75 Å². The van der Waals surface area contributed by atoms with Gasteiger partial charge in [0.15, 0.2) is 0 Å². The number of aromatic hydroxyl groups is 1. The van der Waals surface area contributed by atoms with Crippen LogP contribution in [0.2, 0.25) is 0 Å². The molecular weight excluding hydrogens is 220 g/mol. The summed E-state index contributed by atoms with van der Waals surface area (Å²) in [6.45, 7) is 2.94. The average Bonchev–Trinajstić information content (AvgIpc) is 2.65. The molecule has 3 nitrogen and oxygen atoms in total. The van der Waals surface area contributed by atoms with Crippen LogP contribution in [0.15, 0.2) is 41.6 Å². The van der Waals surface area contributed by atoms with Crippen molar-refractivity contribution in [2.24, 2.45) is 0 Å². The third-order valence-corrected chi connectivity index (χ3v) is 3.32. The number of aromatic nitrogens is 2. The number of imidazole rings is 1. The maximum atomic E-state index is 9.31. The number of phenols is 1. The molecular formula is C12H14N2OS. The van der Waals surface area contributed by atoms with Gasteiger partial charge in [0.05, 0.1) is 0 Å². The number of thioether (sulfide) groups is 1. The van der Waals surface area contributed by atoms with Crippen LogP contribution in [0, 0.1) is 6.92 Å². The zero-order valence-corrected chi connectivity index (χ0v) is 9.94. The summed E-state index contributed by atoms with van der Waals surface area (Å²) in [7, 11) is 0. The third-order valence-electron chi connectivity index (χ3n) is 2.34. The standard InChI is InChI=1S/C12H14N2OS/c1-10-13-5-6-14(10)7-8-16-12-4-2-3-11(15)9-12/h2-6,9,15H,7-8H2,1H3. The van der Waals surface area contributed by atoms with Gasteiger partial charge in [0.1, 0.15) is 11.6 Å². The van der Waals surface area contributed by atoms with Crippen LogP contribution in [0.3, 0.4) is 0 Å². The molecule has 0 spiro atoms. The molecule has 0 atom stereocenters. The van der Waals surface area contributed by atoms with E-state index in [-0.39, 0.29) is 0 Å². The van der Waals surface area contributed by atoms with Gasteiger partial charge in [0.2, 0.25) is 0 Å². The van der Waals surface area contributed by atoms with Gasteiger partial charge in [-0.1, -0.05) is 6.07 Å². The minimum atomic E-state index is 0.323. The Balaban J connectivity index is 1.87. The van der Waals surface area contributed by atoms with Gasteiger partial charge in [-0.25, -0.2) is 4.98 Å². The minimum Gasteiger partial charge on any atom is -0.508 e. The van der Waals surface area contributed by atoms with E-state index in [1.54, 1.807) is 23.9 Å². The molecule has 0 saturated heterocycles. The van der Waals surface area contributed by atoms with Gasteiger partial charge in [-0.2, -0.15) is 0 Å². The molecule has 0 aliphatic rings. The summed E-state index contributed by atoms with van der Waals surface area (Å²) in [4.78, 5) is 5.27. The highest BCUT2D eigenvalue weighted by Crippen LogP contribution is 2.22. The van der Waals surface area contributed by atoms with Crippen molar-refractivity contribution in [2.75, 3.05) is 5.75 Å². The second-order valence-corrected chi connectivity index (χ2v) is 4.68. The SMILES string of the molecule is Cc1nccn1CCSc1cccc(O)c1. The Kier molecular flexibility index (Phi) is 3.51. The highest BCUT2D eigenvalue weighted by molar-refractivity contribution is 7.99. The summed E-state index contributed by atoms with van der Waals surface area (Å²) in [5, 5.41) is 9.31. The van der Waals surface area contributed by atoms with E-state index < -0.39 is 0 Å². The largest absolute Gasteiger partial charge is 0.508 e. The van der Waals surface area contributed by atoms with Crippen LogP contribution in [0.1, 0.15) is 5.82 Å². The molecule has 16 heavy (non-hydrogen) atoms. The molecule has 1 N–H and O–H groups in total. The van der Waals surface area contributed by atoms with E-state index in [1.807, 2.05) is 31.5 Å². The van der Waals surface area contributed by atoms with Crippen LogP contribution < -0.4 is 0 Å². The van der Waals surface area contributed by atoms with Crippen LogP contribution in [0.25, 0.3) is 0 Å². The number of aryl methyl sites for hydroxylation is 2. The van der Waals surface area contributed by atoms with Crippen LogP contribution in [-0.2, 0) is 6.54 Å². The third kappa shape index (κ3) is 2.79. The summed E-state index contributed by atoms with van der Waals surface area (Å²) in [6.07, 6.45) is 3.80. The second-order valence-electron chi connectivity index (χ2n) is 3.51. The molecule has 0 fully saturated rings. The topological polar surface area (TPSA) is 38.0 Å². The number of nitrogens with zero attached hydrogens (tertiary/aromatic N) is 2. The van der Waals surface area contributed by atoms with E-state index in [4.69, 9.17) is 0 Å². The van der Waals surface area contributed by atoms with Crippen molar-refractivity contribution in [3.05, 3.63) is 42.5 Å². The van der Waals surface area contributed by atoms with Crippen molar-refractivity contribution in [1.29, 1.82) is 0 Å². The lowest BCUT2D eigenvalue weighted by molar-refractivity contribution is 0.474. The normalized spacial score (nSPS) is 10.6. The quantitative estimate of drug-likeness (QED) is 0.827. The van der Waals surface area contributed by atoms with Crippen LogP contribution in [0.4, 0.5) is 0 Å². The maximum Gasteiger partial charge on any atom is 0.116 e. The Bertz CT molecular complexity index is 468. The maximum absolute atomic E-state index is 9.31. The smallest absolute Gasteiger partial charge is 0.116 e. The molecule has 84 valence electrons. The van der Waals surface area contributed by atoms with Gasteiger partial charge in [0, 0.05) is 29.6 Å². The number of rotatable bonds is 4. The van der Waals surface area contributed by atoms with Crippen molar-refractivity contribution in [1.82, 2.24) is 9.55 Å². The average molecular weight is 234 g/mol. The second kappa shape index (κ2) is 5.07. The molecule has 1 aromatic heterocycles. The number of phenolic OH excluding ortho intramolecular Hbond substituents is 1. The monoisotopic (exact) mass is 234 g/mol. The molecule has 0 aliphatic heterocycles. The molecule has 0 saturated carbocycles. The van der Waals surface area contributed by atoms with Gasteiger partial charge in [0.25, 0.3) is 0 Å². The summed E-state index contributed by atoms with van der Waals surface area (Å²) < 4.78 is 2.12. The molecule has 0 unspecified atom stereocenters. The Hall–Kier alpha value is -1.42. The van der Waals surface area contributed by atoms with Crippen molar-refractivity contribution in [3.8, 4) is 5.75 Å². The van der Waals surface area contributed by atoms with E-state index >= 15 is 0 Å². The first kappa shape index (κ1) is 11.1. The van der Waals surface area contributed by atoms with Crippen molar-refractivity contribution in [3.63, 3.8) is 0 Å². The summed E-state index contributed by atoms with van der Waals surface area (Å²) in [5.41, 5.74) is 0. The highest BCUT2D eigenvalue weighted by Gasteiger charge is 1.98. The number of hydrogen-bond acceptors (Lipinski definition) is 3. The zero-order chi connectivity index (χ0) is 11.4. The molecule has 0 bridgehead atoms. The molecule has 0 radical (unpaired) electrons. The fourth-order valence-electron chi connectivity index (χ4n) is 1.48. The fraction of sp³-hybridized carbons (Fsp3) is 0.250. The summed E-state index contributed by atoms with van der Waals surface area (Å²) >= 11 is 1.73. The van der Waals surface area contributed by atoms with Gasteiger partial charge in [-0.3, -0.25) is 0 Å². The Morgan fingerprint density at radius 1 is 1.44 bits per heavy atom. The predicted octanol–water partition coefficient (Wildman–Crippen LogP) is 2.69. The minimum absolute atomic E-state index is 0.323. The predicted molar refractivity (Wildman–Crippen MR) is 65.8 cm³/mol. The first-order valence-corrected chi connectivity index (χ1v) is 6.14. The lowest BCUT2D eigenvalue weighted by atomic mass is 10.3.